The number of amides is 2. The number of rotatable bonds is 13. The highest BCUT2D eigenvalue weighted by molar-refractivity contribution is 5.95. The van der Waals surface area contributed by atoms with Crippen LogP contribution in [0.5, 0.6) is 5.75 Å². The van der Waals surface area contributed by atoms with E-state index in [0.29, 0.717) is 17.5 Å². The van der Waals surface area contributed by atoms with Gasteiger partial charge in [-0.3, -0.25) is 19.2 Å². The average molecular weight is 736 g/mol. The summed E-state index contributed by atoms with van der Waals surface area (Å²) in [6.07, 6.45) is 6.11. The lowest BCUT2D eigenvalue weighted by Crippen LogP contribution is -2.69. The maximum atomic E-state index is 14.8. The monoisotopic (exact) mass is 735 g/mol. The molecule has 4 N–H and O–H groups in total. The Morgan fingerprint density at radius 3 is 2.41 bits per heavy atom. The van der Waals surface area contributed by atoms with Crippen molar-refractivity contribution in [2.24, 2.45) is 17.3 Å². The lowest BCUT2D eigenvalue weighted by atomic mass is 9.62. The number of aromatic hydroxyl groups is 1. The highest BCUT2D eigenvalue weighted by atomic mass is 16.8. The summed E-state index contributed by atoms with van der Waals surface area (Å²) >= 11 is 0. The second-order valence-corrected chi connectivity index (χ2v) is 15.5. The number of allylic oxidation sites excluding steroid dienone is 1. The van der Waals surface area contributed by atoms with Crippen molar-refractivity contribution in [3.05, 3.63) is 107 Å². The molecule has 0 unspecified atom stereocenters. The van der Waals surface area contributed by atoms with Gasteiger partial charge in [0.1, 0.15) is 35.6 Å². The fourth-order valence-electron chi connectivity index (χ4n) is 9.11. The summed E-state index contributed by atoms with van der Waals surface area (Å²) in [5, 5.41) is 26.8. The van der Waals surface area contributed by atoms with Gasteiger partial charge >= 0.3 is 5.97 Å². The quantitative estimate of drug-likeness (QED) is 0.191. The van der Waals surface area contributed by atoms with Gasteiger partial charge in [0.05, 0.1) is 13.2 Å². The molecule has 3 heterocycles. The molecule has 3 saturated carbocycles. The van der Waals surface area contributed by atoms with Crippen molar-refractivity contribution in [3.8, 4) is 5.75 Å². The number of carbonyl (C=O) groups excluding carboxylic acids is 3. The number of phenols is 1. The molecular weight excluding hydrogens is 690 g/mol. The van der Waals surface area contributed by atoms with E-state index in [1.54, 1.807) is 35.4 Å². The molecule has 6 fully saturated rings. The van der Waals surface area contributed by atoms with E-state index in [0.717, 1.165) is 42.4 Å². The van der Waals surface area contributed by atoms with E-state index in [-0.39, 0.29) is 62.1 Å². The number of fused-ring (bicyclic) bond motifs is 4. The van der Waals surface area contributed by atoms with Crippen LogP contribution in [0.3, 0.4) is 0 Å². The number of hydrogen-bond acceptors (Lipinski definition) is 10. The summed E-state index contributed by atoms with van der Waals surface area (Å²) in [5.74, 6) is -1.19. The first-order valence-electron chi connectivity index (χ1n) is 19.1. The summed E-state index contributed by atoms with van der Waals surface area (Å²) < 4.78 is 20.0. The number of nitrogens with one attached hydrogen (secondary N) is 2. The van der Waals surface area contributed by atoms with Crippen molar-refractivity contribution >= 4 is 23.9 Å². The van der Waals surface area contributed by atoms with Crippen LogP contribution in [0.25, 0.3) is 6.08 Å². The Balaban J connectivity index is 1.02. The minimum absolute atomic E-state index is 0.116. The third kappa shape index (κ3) is 6.10. The molecule has 3 aliphatic heterocycles. The lowest BCUT2D eigenvalue weighted by Gasteiger charge is -2.48. The van der Waals surface area contributed by atoms with Gasteiger partial charge in [-0.1, -0.05) is 66.7 Å². The minimum Gasteiger partial charge on any atom is -0.508 e. The number of hydrogen-bond donors (Lipinski definition) is 4. The first-order chi connectivity index (χ1) is 26.3. The molecule has 54 heavy (non-hydrogen) atoms. The van der Waals surface area contributed by atoms with Crippen LogP contribution in [0, 0.1) is 17.3 Å². The van der Waals surface area contributed by atoms with E-state index in [2.05, 4.69) is 10.6 Å². The largest absolute Gasteiger partial charge is 0.508 e. The predicted molar refractivity (Wildman–Crippen MR) is 194 cm³/mol. The molecule has 0 radical (unpaired) electrons. The number of ether oxygens (including phenoxy) is 3. The molecule has 3 aromatic rings. The van der Waals surface area contributed by atoms with Crippen LogP contribution >= 0.6 is 0 Å². The number of nitrogens with zero attached hydrogens (tertiary/aromatic N) is 1. The SMILES string of the molecule is O=C(NCCO)c1cccc(CNC(=O)[C@@]23C[C@H]4OC(=O)[C@@H]2N(Cc2ccccc2C=CCc2ccccc2O)O[C@@H]3[C@H]2OC(C3CC3)(C3CC3)O[C@H]24)c1. The van der Waals surface area contributed by atoms with Crippen LogP contribution in [0.1, 0.15) is 64.7 Å². The molecule has 0 aromatic heterocycles. The third-order valence-corrected chi connectivity index (χ3v) is 12.0. The summed E-state index contributed by atoms with van der Waals surface area (Å²) in [7, 11) is 0. The molecule has 282 valence electrons. The van der Waals surface area contributed by atoms with E-state index in [4.69, 9.17) is 24.2 Å². The molecule has 9 rings (SSSR count). The normalized spacial score (nSPS) is 29.5. The fourth-order valence-corrected chi connectivity index (χ4v) is 9.11. The Morgan fingerprint density at radius 1 is 0.907 bits per heavy atom. The summed E-state index contributed by atoms with van der Waals surface area (Å²) in [6.45, 7) is 0.279. The molecule has 3 aliphatic carbocycles. The van der Waals surface area contributed by atoms with E-state index < -0.39 is 47.6 Å². The number of benzene rings is 3. The second kappa shape index (κ2) is 13.9. The Bertz CT molecular complexity index is 1970. The molecule has 0 spiro atoms. The Kier molecular flexibility index (Phi) is 9.06. The smallest absolute Gasteiger partial charge is 0.327 e. The van der Waals surface area contributed by atoms with E-state index in [1.807, 2.05) is 54.6 Å². The van der Waals surface area contributed by atoms with Crippen LogP contribution < -0.4 is 10.6 Å². The Hall–Kier alpha value is -4.59. The second-order valence-electron chi connectivity index (χ2n) is 15.5. The fraction of sp³-hybridized carbons (Fsp3) is 0.452. The molecule has 2 bridgehead atoms. The van der Waals surface area contributed by atoms with Gasteiger partial charge in [-0.2, -0.15) is 5.06 Å². The highest BCUT2D eigenvalue weighted by Crippen LogP contribution is 2.63. The number of phenolic OH excluding ortho intramolecular Hbond substituents is 1. The lowest BCUT2D eigenvalue weighted by molar-refractivity contribution is -0.235. The van der Waals surface area contributed by atoms with Crippen molar-refractivity contribution in [2.45, 2.75) is 87.9 Å². The number of para-hydroxylation sites is 1. The van der Waals surface area contributed by atoms with Gasteiger partial charge in [-0.05, 0) is 72.6 Å². The Labute approximate surface area is 313 Å². The van der Waals surface area contributed by atoms with Gasteiger partial charge in [0.15, 0.2) is 11.8 Å². The zero-order chi connectivity index (χ0) is 37.0. The molecule has 2 amide bonds. The predicted octanol–water partition coefficient (Wildman–Crippen LogP) is 3.79. The maximum absolute atomic E-state index is 14.8. The molecule has 12 nitrogen and oxygen atoms in total. The van der Waals surface area contributed by atoms with Gasteiger partial charge in [-0.15, -0.1) is 0 Å². The number of aliphatic hydroxyl groups is 1. The topological polar surface area (TPSA) is 156 Å². The van der Waals surface area contributed by atoms with Crippen LogP contribution in [0.2, 0.25) is 0 Å². The minimum atomic E-state index is -1.33. The maximum Gasteiger partial charge on any atom is 0.327 e. The van der Waals surface area contributed by atoms with E-state index >= 15 is 0 Å². The van der Waals surface area contributed by atoms with Crippen molar-refractivity contribution in [1.82, 2.24) is 15.7 Å². The van der Waals surface area contributed by atoms with Gasteiger partial charge < -0.3 is 35.1 Å². The van der Waals surface area contributed by atoms with Crippen LogP contribution in [0.4, 0.5) is 0 Å². The van der Waals surface area contributed by atoms with Crippen molar-refractivity contribution < 1.29 is 43.6 Å². The number of aliphatic hydroxyl groups excluding tert-OH is 1. The van der Waals surface area contributed by atoms with Gasteiger partial charge in [0.2, 0.25) is 5.91 Å². The molecule has 3 saturated heterocycles. The molecule has 12 heteroatoms. The zero-order valence-corrected chi connectivity index (χ0v) is 29.9. The molecule has 3 aromatic carbocycles. The van der Waals surface area contributed by atoms with E-state index in [9.17, 15) is 19.5 Å². The van der Waals surface area contributed by atoms with Crippen LogP contribution in [-0.2, 0) is 48.1 Å². The van der Waals surface area contributed by atoms with Crippen molar-refractivity contribution in [2.75, 3.05) is 13.2 Å². The highest BCUT2D eigenvalue weighted by Gasteiger charge is 2.78. The average Bonchev–Trinajstić information content (AvgIpc) is 4.13. The molecular formula is C42H45N3O9. The van der Waals surface area contributed by atoms with Gasteiger partial charge in [-0.25, -0.2) is 0 Å². The van der Waals surface area contributed by atoms with Crippen LogP contribution in [0.15, 0.2) is 78.9 Å². The zero-order valence-electron chi connectivity index (χ0n) is 29.9. The number of carbonyl (C=O) groups is 3. The molecule has 6 atom stereocenters. The standard InChI is InChI=1S/C42H45N3O9/c46-20-19-43-38(48)28-13-5-7-25(21-28)23-44-40(50)41-22-33-34-35(53-42(52-34,30-15-16-30)31-17-18-31)37(41)54-45(36(41)39(49)51-33)24-29-10-2-1-8-26(29)11-6-12-27-9-3-4-14-32(27)47/h1-11,13-14,21,30-31,33-37,46-47H,12,15-20,22-24H2,(H,43,48)(H,44,50)/t33-,34+,35+,36+,37-,41+/m1/s1. The number of esters is 1. The third-order valence-electron chi connectivity index (χ3n) is 12.0. The number of hydroxylamine groups is 2. The summed E-state index contributed by atoms with van der Waals surface area (Å²) in [5.41, 5.74) is 2.39. The van der Waals surface area contributed by atoms with Crippen LogP contribution in [-0.4, -0.2) is 82.5 Å². The Morgan fingerprint density at radius 2 is 1.65 bits per heavy atom. The van der Waals surface area contributed by atoms with Gasteiger partial charge in [0.25, 0.3) is 5.91 Å². The molecule has 6 aliphatic rings. The summed E-state index contributed by atoms with van der Waals surface area (Å²) in [4.78, 5) is 48.5. The van der Waals surface area contributed by atoms with Crippen molar-refractivity contribution in [1.29, 1.82) is 0 Å². The first kappa shape index (κ1) is 35.1. The van der Waals surface area contributed by atoms with E-state index in [1.165, 1.54) is 0 Å². The van der Waals surface area contributed by atoms with Crippen molar-refractivity contribution in [3.63, 3.8) is 0 Å². The first-order valence-corrected chi connectivity index (χ1v) is 19.1. The van der Waals surface area contributed by atoms with Gasteiger partial charge in [0, 0.05) is 36.9 Å². The summed E-state index contributed by atoms with van der Waals surface area (Å²) in [6, 6.07) is 21.0.